The number of amides is 1. The van der Waals surface area contributed by atoms with Gasteiger partial charge in [0, 0.05) is 25.5 Å². The number of halogens is 3. The third-order valence-corrected chi connectivity index (χ3v) is 3.74. The number of carbonyl (C=O) groups is 1. The standard InChI is InChI=1S/C16H15F3N6O3S/c1-25(15(26)27)11-5-8(16(17,18)19)7-22-13(11)24-14(29)23-12(20)10-6-9(28-2)3-4-21-10/h3-7H,1-2H3,(H,26,27)(H3,20,22,23,24,29). The van der Waals surface area contributed by atoms with Crippen molar-refractivity contribution in [3.63, 3.8) is 0 Å². The van der Waals surface area contributed by atoms with Gasteiger partial charge in [-0.15, -0.1) is 0 Å². The SMILES string of the molecule is COc1ccnc(C(=N)NC(=S)Nc2ncc(C(F)(F)F)cc2N(C)C(=O)O)c1. The number of nitrogens with zero attached hydrogens (tertiary/aromatic N) is 3. The van der Waals surface area contributed by atoms with Crippen molar-refractivity contribution >= 4 is 40.8 Å². The summed E-state index contributed by atoms with van der Waals surface area (Å²) >= 11 is 5.04. The van der Waals surface area contributed by atoms with Gasteiger partial charge >= 0.3 is 12.3 Å². The number of aromatic nitrogens is 2. The molecule has 9 nitrogen and oxygen atoms in total. The van der Waals surface area contributed by atoms with Crippen molar-refractivity contribution in [3.05, 3.63) is 41.9 Å². The molecule has 4 N–H and O–H groups in total. The molecule has 2 rings (SSSR count). The van der Waals surface area contributed by atoms with Crippen LogP contribution >= 0.6 is 12.2 Å². The van der Waals surface area contributed by atoms with Gasteiger partial charge in [-0.25, -0.2) is 9.78 Å². The number of ether oxygens (including phenoxy) is 1. The van der Waals surface area contributed by atoms with E-state index < -0.39 is 17.8 Å². The first-order valence-corrected chi connectivity index (χ1v) is 8.14. The Balaban J connectivity index is 2.24. The van der Waals surface area contributed by atoms with Crippen LogP contribution in [0.1, 0.15) is 11.3 Å². The van der Waals surface area contributed by atoms with Crippen molar-refractivity contribution in [2.24, 2.45) is 0 Å². The molecule has 2 heterocycles. The highest BCUT2D eigenvalue weighted by Crippen LogP contribution is 2.33. The van der Waals surface area contributed by atoms with Crippen LogP contribution in [0.25, 0.3) is 0 Å². The zero-order chi connectivity index (χ0) is 21.8. The normalized spacial score (nSPS) is 10.8. The topological polar surface area (TPSA) is 123 Å². The van der Waals surface area contributed by atoms with Gasteiger partial charge in [-0.2, -0.15) is 13.2 Å². The molecule has 2 aromatic rings. The third-order valence-electron chi connectivity index (χ3n) is 3.54. The van der Waals surface area contributed by atoms with Gasteiger partial charge in [0.15, 0.2) is 16.8 Å². The van der Waals surface area contributed by atoms with Crippen LogP contribution in [0.4, 0.5) is 29.5 Å². The van der Waals surface area contributed by atoms with E-state index in [4.69, 9.17) is 27.5 Å². The second-order valence-corrected chi connectivity index (χ2v) is 5.87. The predicted molar refractivity (Wildman–Crippen MR) is 103 cm³/mol. The molecule has 0 fully saturated rings. The van der Waals surface area contributed by atoms with Crippen molar-refractivity contribution in [2.45, 2.75) is 6.18 Å². The Morgan fingerprint density at radius 1 is 1.34 bits per heavy atom. The van der Waals surface area contributed by atoms with Crippen LogP contribution in [0.5, 0.6) is 5.75 Å². The minimum atomic E-state index is -4.71. The van der Waals surface area contributed by atoms with E-state index in [9.17, 15) is 18.0 Å². The highest BCUT2D eigenvalue weighted by atomic mass is 32.1. The third kappa shape index (κ3) is 5.51. The minimum absolute atomic E-state index is 0.191. The summed E-state index contributed by atoms with van der Waals surface area (Å²) in [5.74, 6) is -0.0107. The number of nitrogens with one attached hydrogen (secondary N) is 3. The Morgan fingerprint density at radius 2 is 2.03 bits per heavy atom. The lowest BCUT2D eigenvalue weighted by Crippen LogP contribution is -2.35. The lowest BCUT2D eigenvalue weighted by Gasteiger charge is -2.20. The quantitative estimate of drug-likeness (QED) is 0.333. The summed E-state index contributed by atoms with van der Waals surface area (Å²) in [6, 6.07) is 3.67. The van der Waals surface area contributed by atoms with Crippen LogP contribution < -0.4 is 20.3 Å². The first kappa shape index (κ1) is 21.8. The van der Waals surface area contributed by atoms with Gasteiger partial charge in [0.05, 0.1) is 18.4 Å². The molecule has 0 unspecified atom stereocenters. The van der Waals surface area contributed by atoms with Crippen LogP contribution in [0, 0.1) is 5.41 Å². The van der Waals surface area contributed by atoms with Gasteiger partial charge in [0.1, 0.15) is 11.4 Å². The summed E-state index contributed by atoms with van der Waals surface area (Å²) in [5, 5.41) is 21.9. The summed E-state index contributed by atoms with van der Waals surface area (Å²) in [5.41, 5.74) is -1.31. The number of hydrogen-bond acceptors (Lipinski definition) is 6. The Labute approximate surface area is 168 Å². The lowest BCUT2D eigenvalue weighted by atomic mass is 10.2. The van der Waals surface area contributed by atoms with Crippen LogP contribution in [-0.2, 0) is 6.18 Å². The maximum absolute atomic E-state index is 12.9. The van der Waals surface area contributed by atoms with Gasteiger partial charge in [-0.1, -0.05) is 0 Å². The number of amidine groups is 1. The average Bonchev–Trinajstić information content (AvgIpc) is 2.66. The maximum atomic E-state index is 12.9. The molecule has 0 radical (unpaired) electrons. The molecule has 29 heavy (non-hydrogen) atoms. The summed E-state index contributed by atoms with van der Waals surface area (Å²) < 4.78 is 43.8. The van der Waals surface area contributed by atoms with E-state index in [1.807, 2.05) is 0 Å². The Kier molecular flexibility index (Phi) is 6.53. The number of rotatable bonds is 4. The molecule has 0 aliphatic heterocycles. The van der Waals surface area contributed by atoms with Crippen molar-refractivity contribution in [3.8, 4) is 5.75 Å². The minimum Gasteiger partial charge on any atom is -0.497 e. The molecule has 0 atom stereocenters. The lowest BCUT2D eigenvalue weighted by molar-refractivity contribution is -0.137. The van der Waals surface area contributed by atoms with E-state index >= 15 is 0 Å². The van der Waals surface area contributed by atoms with Crippen LogP contribution in [0.3, 0.4) is 0 Å². The number of pyridine rings is 2. The molecule has 0 bridgehead atoms. The highest BCUT2D eigenvalue weighted by Gasteiger charge is 2.32. The van der Waals surface area contributed by atoms with E-state index in [1.54, 1.807) is 6.07 Å². The summed E-state index contributed by atoms with van der Waals surface area (Å²) in [7, 11) is 2.50. The van der Waals surface area contributed by atoms with Crippen molar-refractivity contribution in [1.29, 1.82) is 5.41 Å². The smallest absolute Gasteiger partial charge is 0.417 e. The second kappa shape index (κ2) is 8.68. The number of hydrogen-bond donors (Lipinski definition) is 4. The zero-order valence-corrected chi connectivity index (χ0v) is 15.9. The number of carboxylic acid groups (broad SMARTS) is 1. The summed E-state index contributed by atoms with van der Waals surface area (Å²) in [6.45, 7) is 0. The molecule has 0 aliphatic rings. The monoisotopic (exact) mass is 428 g/mol. The number of alkyl halides is 3. The molecule has 1 amide bonds. The molecular weight excluding hydrogens is 413 g/mol. The highest BCUT2D eigenvalue weighted by molar-refractivity contribution is 7.80. The van der Waals surface area contributed by atoms with Gasteiger partial charge in [-0.05, 0) is 24.4 Å². The van der Waals surface area contributed by atoms with Crippen LogP contribution in [-0.4, -0.2) is 46.3 Å². The Bertz CT molecular complexity index is 954. The average molecular weight is 428 g/mol. The van der Waals surface area contributed by atoms with E-state index in [0.717, 1.165) is 7.05 Å². The van der Waals surface area contributed by atoms with E-state index in [-0.39, 0.29) is 28.1 Å². The van der Waals surface area contributed by atoms with Gasteiger partial charge in [-0.3, -0.25) is 15.3 Å². The van der Waals surface area contributed by atoms with Gasteiger partial charge in [0.2, 0.25) is 0 Å². The molecular formula is C16H15F3N6O3S. The molecule has 0 aliphatic carbocycles. The number of methoxy groups -OCH3 is 1. The molecule has 0 aromatic carbocycles. The van der Waals surface area contributed by atoms with E-state index in [1.165, 1.54) is 19.4 Å². The van der Waals surface area contributed by atoms with Crippen molar-refractivity contribution < 1.29 is 27.8 Å². The molecule has 154 valence electrons. The van der Waals surface area contributed by atoms with Crippen molar-refractivity contribution in [2.75, 3.05) is 24.4 Å². The fourth-order valence-corrected chi connectivity index (χ4v) is 2.25. The summed E-state index contributed by atoms with van der Waals surface area (Å²) in [6.07, 6.45) is -4.25. The Morgan fingerprint density at radius 3 is 2.62 bits per heavy atom. The van der Waals surface area contributed by atoms with Crippen LogP contribution in [0.2, 0.25) is 0 Å². The van der Waals surface area contributed by atoms with E-state index in [0.29, 0.717) is 22.9 Å². The van der Waals surface area contributed by atoms with Gasteiger partial charge < -0.3 is 20.5 Å². The molecule has 0 saturated heterocycles. The molecule has 13 heteroatoms. The van der Waals surface area contributed by atoms with Gasteiger partial charge in [0.25, 0.3) is 0 Å². The zero-order valence-electron chi connectivity index (χ0n) is 15.0. The van der Waals surface area contributed by atoms with Crippen LogP contribution in [0.15, 0.2) is 30.6 Å². The fourth-order valence-electron chi connectivity index (χ4n) is 2.05. The first-order valence-electron chi connectivity index (χ1n) is 7.73. The van der Waals surface area contributed by atoms with Crippen molar-refractivity contribution in [1.82, 2.24) is 15.3 Å². The fraction of sp³-hybridized carbons (Fsp3) is 0.188. The number of anilines is 2. The molecule has 0 spiro atoms. The number of thiocarbonyl (C=S) groups is 1. The molecule has 2 aromatic heterocycles. The summed E-state index contributed by atoms with van der Waals surface area (Å²) in [4.78, 5) is 19.4. The maximum Gasteiger partial charge on any atom is 0.417 e. The first-order chi connectivity index (χ1) is 13.5. The predicted octanol–water partition coefficient (Wildman–Crippen LogP) is 2.93. The Hall–Kier alpha value is -3.48. The molecule has 0 saturated carbocycles. The van der Waals surface area contributed by atoms with E-state index in [2.05, 4.69) is 20.6 Å². The second-order valence-electron chi connectivity index (χ2n) is 5.47. The largest absolute Gasteiger partial charge is 0.497 e.